The molecule has 23 heavy (non-hydrogen) atoms. The number of carbonyl (C=O) groups excluding carboxylic acids is 1. The Hall–Kier alpha value is -1.79. The second kappa shape index (κ2) is 7.19. The number of anilines is 1. The Morgan fingerprint density at radius 3 is 3.22 bits per heavy atom. The summed E-state index contributed by atoms with van der Waals surface area (Å²) in [6.07, 6.45) is -0.0772. The number of aromatic nitrogens is 1. The third-order valence-corrected chi connectivity index (χ3v) is 5.35. The fraction of sp³-hybridized carbons (Fsp3) is 0.400. The summed E-state index contributed by atoms with van der Waals surface area (Å²) in [6, 6.07) is 3.77. The maximum absolute atomic E-state index is 12.2. The monoisotopic (exact) mass is 348 g/mol. The molecule has 2 aromatic rings. The van der Waals surface area contributed by atoms with Crippen molar-refractivity contribution in [2.75, 3.05) is 31.6 Å². The van der Waals surface area contributed by atoms with Crippen LogP contribution >= 0.6 is 22.7 Å². The highest BCUT2D eigenvalue weighted by Gasteiger charge is 2.25. The Labute approximate surface area is 142 Å². The predicted octanol–water partition coefficient (Wildman–Crippen LogP) is 2.40. The first kappa shape index (κ1) is 16.1. The lowest BCUT2D eigenvalue weighted by molar-refractivity contribution is -0.119. The molecule has 120 valence electrons. The zero-order valence-electron chi connectivity index (χ0n) is 12.6. The summed E-state index contributed by atoms with van der Waals surface area (Å²) in [5.41, 5.74) is 1.49. The minimum absolute atomic E-state index is 0.0772. The maximum Gasteiger partial charge on any atom is 0.239 e. The van der Waals surface area contributed by atoms with Gasteiger partial charge in [-0.3, -0.25) is 9.69 Å². The molecule has 0 unspecified atom stereocenters. The first-order chi connectivity index (χ1) is 11.2. The molecule has 2 aromatic heterocycles. The van der Waals surface area contributed by atoms with Gasteiger partial charge in [0.05, 0.1) is 18.7 Å². The third kappa shape index (κ3) is 3.95. The van der Waals surface area contributed by atoms with E-state index >= 15 is 0 Å². The zero-order valence-corrected chi connectivity index (χ0v) is 14.2. The largest absolute Gasteiger partial charge is 0.368 e. The number of rotatable bonds is 4. The van der Waals surface area contributed by atoms with Crippen LogP contribution in [-0.2, 0) is 9.53 Å². The topological polar surface area (TPSA) is 78.2 Å². The highest BCUT2D eigenvalue weighted by Crippen LogP contribution is 2.25. The Morgan fingerprint density at radius 2 is 2.48 bits per heavy atom. The number of hydrogen-bond acceptors (Lipinski definition) is 7. The van der Waals surface area contributed by atoms with Gasteiger partial charge in [-0.05, 0) is 18.4 Å². The van der Waals surface area contributed by atoms with Gasteiger partial charge in [0.15, 0.2) is 0 Å². The molecule has 1 atom stereocenters. The molecular weight excluding hydrogens is 332 g/mol. The summed E-state index contributed by atoms with van der Waals surface area (Å²) in [4.78, 5) is 18.7. The van der Waals surface area contributed by atoms with Gasteiger partial charge in [-0.2, -0.15) is 5.26 Å². The fourth-order valence-corrected chi connectivity index (χ4v) is 3.97. The van der Waals surface area contributed by atoms with E-state index in [4.69, 9.17) is 10.00 Å². The van der Waals surface area contributed by atoms with E-state index < -0.39 is 0 Å². The second-order valence-corrected chi connectivity index (χ2v) is 7.05. The molecule has 6 nitrogen and oxygen atoms in total. The number of nitrogens with zero attached hydrogens (tertiary/aromatic N) is 3. The Bertz CT molecular complexity index is 734. The lowest BCUT2D eigenvalue weighted by Gasteiger charge is -2.31. The Morgan fingerprint density at radius 1 is 1.61 bits per heavy atom. The standard InChI is InChI=1S/C15H16N4O2S2/c1-10-9-23-15(17-10)12-7-19(3-4-21-12)8-13(20)18-14-11(6-16)2-5-22-14/h2,5,9,12H,3-4,7-8H2,1H3,(H,18,20)/t12-/m0/s1. The summed E-state index contributed by atoms with van der Waals surface area (Å²) >= 11 is 2.95. The van der Waals surface area contributed by atoms with Crippen molar-refractivity contribution in [2.24, 2.45) is 0 Å². The molecule has 0 spiro atoms. The van der Waals surface area contributed by atoms with E-state index in [1.165, 1.54) is 11.3 Å². The summed E-state index contributed by atoms with van der Waals surface area (Å²) in [5.74, 6) is -0.111. The second-order valence-electron chi connectivity index (χ2n) is 5.25. The van der Waals surface area contributed by atoms with Crippen molar-refractivity contribution >= 4 is 33.6 Å². The molecule has 0 radical (unpaired) electrons. The van der Waals surface area contributed by atoms with E-state index in [9.17, 15) is 4.79 Å². The molecule has 1 fully saturated rings. The van der Waals surface area contributed by atoms with E-state index in [1.807, 2.05) is 12.3 Å². The first-order valence-electron chi connectivity index (χ1n) is 7.19. The highest BCUT2D eigenvalue weighted by atomic mass is 32.1. The van der Waals surface area contributed by atoms with Crippen LogP contribution in [0.15, 0.2) is 16.8 Å². The molecule has 3 heterocycles. The van der Waals surface area contributed by atoms with Gasteiger partial charge in [0.1, 0.15) is 22.2 Å². The van der Waals surface area contributed by atoms with Crippen LogP contribution in [0.5, 0.6) is 0 Å². The van der Waals surface area contributed by atoms with Gasteiger partial charge in [0.25, 0.3) is 0 Å². The number of morpholine rings is 1. The number of carbonyl (C=O) groups is 1. The molecule has 8 heteroatoms. The maximum atomic E-state index is 12.2. The molecule has 0 aliphatic carbocycles. The van der Waals surface area contributed by atoms with Crippen molar-refractivity contribution in [1.82, 2.24) is 9.88 Å². The van der Waals surface area contributed by atoms with Crippen molar-refractivity contribution in [3.63, 3.8) is 0 Å². The van der Waals surface area contributed by atoms with Crippen LogP contribution in [-0.4, -0.2) is 42.0 Å². The minimum Gasteiger partial charge on any atom is -0.368 e. The summed E-state index contributed by atoms with van der Waals surface area (Å²) in [7, 11) is 0. The number of nitriles is 1. The van der Waals surface area contributed by atoms with E-state index in [0.717, 1.165) is 10.7 Å². The molecule has 0 saturated carbocycles. The van der Waals surface area contributed by atoms with E-state index in [1.54, 1.807) is 22.8 Å². The number of ether oxygens (including phenoxy) is 1. The van der Waals surface area contributed by atoms with E-state index in [0.29, 0.717) is 30.3 Å². The molecule has 1 aliphatic heterocycles. The van der Waals surface area contributed by atoms with Crippen LogP contribution in [0, 0.1) is 18.3 Å². The van der Waals surface area contributed by atoms with Gasteiger partial charge in [0.2, 0.25) is 5.91 Å². The van der Waals surface area contributed by atoms with Gasteiger partial charge < -0.3 is 10.1 Å². The van der Waals surface area contributed by atoms with E-state index in [-0.39, 0.29) is 18.6 Å². The van der Waals surface area contributed by atoms with Gasteiger partial charge in [-0.15, -0.1) is 22.7 Å². The number of thiazole rings is 1. The number of amides is 1. The van der Waals surface area contributed by atoms with Crippen LogP contribution < -0.4 is 5.32 Å². The summed E-state index contributed by atoms with van der Waals surface area (Å²) < 4.78 is 5.77. The number of hydrogen-bond donors (Lipinski definition) is 1. The molecule has 0 bridgehead atoms. The van der Waals surface area contributed by atoms with Crippen molar-refractivity contribution in [3.05, 3.63) is 33.1 Å². The van der Waals surface area contributed by atoms with Crippen molar-refractivity contribution in [2.45, 2.75) is 13.0 Å². The van der Waals surface area contributed by atoms with Crippen LogP contribution in [0.2, 0.25) is 0 Å². The Balaban J connectivity index is 1.57. The molecule has 1 saturated heterocycles. The predicted molar refractivity (Wildman–Crippen MR) is 89.6 cm³/mol. The first-order valence-corrected chi connectivity index (χ1v) is 8.95. The van der Waals surface area contributed by atoms with E-state index in [2.05, 4.69) is 21.3 Å². The smallest absolute Gasteiger partial charge is 0.239 e. The quantitative estimate of drug-likeness (QED) is 0.918. The Kier molecular flexibility index (Phi) is 5.03. The number of thiophene rings is 1. The fourth-order valence-electron chi connectivity index (χ4n) is 2.38. The number of nitrogens with one attached hydrogen (secondary N) is 1. The number of aryl methyl sites for hydroxylation is 1. The zero-order chi connectivity index (χ0) is 16.2. The van der Waals surface area contributed by atoms with Crippen molar-refractivity contribution < 1.29 is 9.53 Å². The van der Waals surface area contributed by atoms with Crippen molar-refractivity contribution in [1.29, 1.82) is 5.26 Å². The molecule has 1 aliphatic rings. The van der Waals surface area contributed by atoms with Crippen LogP contribution in [0.4, 0.5) is 5.00 Å². The summed E-state index contributed by atoms with van der Waals surface area (Å²) in [6.45, 7) is 4.19. The van der Waals surface area contributed by atoms with Gasteiger partial charge in [-0.25, -0.2) is 4.98 Å². The molecular formula is C15H16N4O2S2. The SMILES string of the molecule is Cc1csc([C@@H]2CN(CC(=O)Nc3sccc3C#N)CCO2)n1. The molecule has 1 N–H and O–H groups in total. The average molecular weight is 348 g/mol. The lowest BCUT2D eigenvalue weighted by atomic mass is 10.2. The minimum atomic E-state index is -0.111. The average Bonchev–Trinajstić information content (AvgIpc) is 3.16. The van der Waals surface area contributed by atoms with Crippen LogP contribution in [0.3, 0.4) is 0 Å². The third-order valence-electron chi connectivity index (χ3n) is 3.47. The van der Waals surface area contributed by atoms with Gasteiger partial charge in [-0.1, -0.05) is 0 Å². The van der Waals surface area contributed by atoms with Crippen LogP contribution in [0.1, 0.15) is 22.4 Å². The van der Waals surface area contributed by atoms with Gasteiger partial charge >= 0.3 is 0 Å². The lowest BCUT2D eigenvalue weighted by Crippen LogP contribution is -2.42. The van der Waals surface area contributed by atoms with Crippen LogP contribution in [0.25, 0.3) is 0 Å². The highest BCUT2D eigenvalue weighted by molar-refractivity contribution is 7.14. The molecule has 1 amide bonds. The molecule has 3 rings (SSSR count). The van der Waals surface area contributed by atoms with Crippen molar-refractivity contribution in [3.8, 4) is 6.07 Å². The van der Waals surface area contributed by atoms with Gasteiger partial charge in [0, 0.05) is 24.2 Å². The molecule has 0 aromatic carbocycles. The normalized spacial score (nSPS) is 18.5. The summed E-state index contributed by atoms with van der Waals surface area (Å²) in [5, 5.41) is 17.2.